The minimum Gasteiger partial charge on any atom is -0.490 e. The smallest absolute Gasteiger partial charge is 0.337 e. The van der Waals surface area contributed by atoms with Crippen molar-refractivity contribution in [1.29, 1.82) is 0 Å². The van der Waals surface area contributed by atoms with Gasteiger partial charge in [-0.05, 0) is 49.7 Å². The Bertz CT molecular complexity index is 1100. The van der Waals surface area contributed by atoms with Crippen LogP contribution in [0.5, 0.6) is 11.5 Å². The van der Waals surface area contributed by atoms with E-state index in [1.54, 1.807) is 25.3 Å². The van der Waals surface area contributed by atoms with Gasteiger partial charge in [-0.15, -0.1) is 0 Å². The van der Waals surface area contributed by atoms with Crippen molar-refractivity contribution < 1.29 is 28.9 Å². The standard InChI is InChI=1S/C26H28N2O6/c1-17(13-19-7-5-4-6-8-19)33-21-10-11-23(34-18(2)16-32-3)22(14-21)25(29)28-24-12-9-20(15-27-24)26(30)31/h4-12,14-15,17-18H,13,16H2,1-3H3,(H,30,31)(H,27,28,29)/t17-,18-/m0/s1. The number of aromatic carboxylic acids is 1. The number of amides is 1. The number of carboxylic acids is 1. The van der Waals surface area contributed by atoms with Gasteiger partial charge in [0.25, 0.3) is 5.91 Å². The van der Waals surface area contributed by atoms with Gasteiger partial charge >= 0.3 is 5.97 Å². The van der Waals surface area contributed by atoms with Crippen molar-refractivity contribution in [3.63, 3.8) is 0 Å². The van der Waals surface area contributed by atoms with Gasteiger partial charge in [-0.3, -0.25) is 4.79 Å². The molecule has 1 aromatic heterocycles. The van der Waals surface area contributed by atoms with E-state index in [1.165, 1.54) is 18.3 Å². The summed E-state index contributed by atoms with van der Waals surface area (Å²) >= 11 is 0. The molecule has 0 radical (unpaired) electrons. The molecule has 2 N–H and O–H groups in total. The number of nitrogens with zero attached hydrogens (tertiary/aromatic N) is 1. The zero-order valence-electron chi connectivity index (χ0n) is 19.4. The van der Waals surface area contributed by atoms with E-state index in [1.807, 2.05) is 44.2 Å². The number of benzene rings is 2. The van der Waals surface area contributed by atoms with E-state index in [9.17, 15) is 9.59 Å². The van der Waals surface area contributed by atoms with Gasteiger partial charge < -0.3 is 24.6 Å². The first kappa shape index (κ1) is 24.7. The molecule has 8 heteroatoms. The van der Waals surface area contributed by atoms with Gasteiger partial charge in [-0.2, -0.15) is 0 Å². The normalized spacial score (nSPS) is 12.4. The van der Waals surface area contributed by atoms with E-state index in [0.717, 1.165) is 5.56 Å². The van der Waals surface area contributed by atoms with Crippen LogP contribution in [-0.2, 0) is 11.2 Å². The summed E-state index contributed by atoms with van der Waals surface area (Å²) in [7, 11) is 1.57. The Labute approximate surface area is 198 Å². The summed E-state index contributed by atoms with van der Waals surface area (Å²) in [6.07, 6.45) is 1.49. The van der Waals surface area contributed by atoms with Crippen LogP contribution in [0.1, 0.15) is 40.1 Å². The molecule has 0 spiro atoms. The molecule has 1 heterocycles. The molecular formula is C26H28N2O6. The number of pyridine rings is 1. The Balaban J connectivity index is 1.80. The Morgan fingerprint density at radius 2 is 1.76 bits per heavy atom. The molecule has 3 aromatic rings. The molecule has 0 aliphatic rings. The number of aromatic nitrogens is 1. The lowest BCUT2D eigenvalue weighted by molar-refractivity contribution is 0.0696. The molecule has 0 saturated carbocycles. The lowest BCUT2D eigenvalue weighted by atomic mass is 10.1. The van der Waals surface area contributed by atoms with Crippen LogP contribution in [0.15, 0.2) is 66.9 Å². The fourth-order valence-corrected chi connectivity index (χ4v) is 3.35. The van der Waals surface area contributed by atoms with Crippen molar-refractivity contribution in [3.05, 3.63) is 83.6 Å². The van der Waals surface area contributed by atoms with Gasteiger partial charge in [0.2, 0.25) is 0 Å². The van der Waals surface area contributed by atoms with E-state index < -0.39 is 11.9 Å². The van der Waals surface area contributed by atoms with Gasteiger partial charge in [0.15, 0.2) is 0 Å². The number of ether oxygens (including phenoxy) is 3. The van der Waals surface area contributed by atoms with E-state index in [4.69, 9.17) is 19.3 Å². The van der Waals surface area contributed by atoms with Crippen LogP contribution in [-0.4, -0.2) is 47.9 Å². The van der Waals surface area contributed by atoms with Crippen LogP contribution >= 0.6 is 0 Å². The first-order valence-corrected chi connectivity index (χ1v) is 10.9. The Morgan fingerprint density at radius 1 is 1.00 bits per heavy atom. The topological polar surface area (TPSA) is 107 Å². The number of anilines is 1. The number of nitrogens with one attached hydrogen (secondary N) is 1. The van der Waals surface area contributed by atoms with Crippen LogP contribution in [0.25, 0.3) is 0 Å². The van der Waals surface area contributed by atoms with Gasteiger partial charge in [-0.1, -0.05) is 30.3 Å². The Kier molecular flexibility index (Phi) is 8.59. The van der Waals surface area contributed by atoms with Gasteiger partial charge in [0.05, 0.1) is 23.8 Å². The molecule has 0 fully saturated rings. The second kappa shape index (κ2) is 11.8. The quantitative estimate of drug-likeness (QED) is 0.432. The fraction of sp³-hybridized carbons (Fsp3) is 0.269. The Hall–Kier alpha value is -3.91. The highest BCUT2D eigenvalue weighted by Gasteiger charge is 2.18. The maximum Gasteiger partial charge on any atom is 0.337 e. The SMILES string of the molecule is COC[C@H](C)Oc1ccc(O[C@@H](C)Cc2ccccc2)cc1C(=O)Nc1ccc(C(=O)O)cn1. The number of methoxy groups -OCH3 is 1. The summed E-state index contributed by atoms with van der Waals surface area (Å²) in [6.45, 7) is 4.15. The van der Waals surface area contributed by atoms with E-state index in [-0.39, 0.29) is 29.2 Å². The molecule has 34 heavy (non-hydrogen) atoms. The van der Waals surface area contributed by atoms with E-state index in [0.29, 0.717) is 24.5 Å². The molecule has 1 amide bonds. The number of carbonyl (C=O) groups is 2. The zero-order valence-corrected chi connectivity index (χ0v) is 19.4. The number of rotatable bonds is 11. The van der Waals surface area contributed by atoms with Crippen molar-refractivity contribution in [2.75, 3.05) is 19.0 Å². The third kappa shape index (κ3) is 7.05. The molecule has 0 saturated heterocycles. The lowest BCUT2D eigenvalue weighted by Gasteiger charge is -2.19. The molecule has 178 valence electrons. The van der Waals surface area contributed by atoms with E-state index >= 15 is 0 Å². The predicted octanol–water partition coefficient (Wildman–Crippen LogP) is 4.46. The molecule has 0 unspecified atom stereocenters. The average Bonchev–Trinajstić information content (AvgIpc) is 2.81. The van der Waals surface area contributed by atoms with Crippen LogP contribution in [0.3, 0.4) is 0 Å². The van der Waals surface area contributed by atoms with Crippen LogP contribution < -0.4 is 14.8 Å². The predicted molar refractivity (Wildman–Crippen MR) is 128 cm³/mol. The highest BCUT2D eigenvalue weighted by molar-refractivity contribution is 6.06. The van der Waals surface area contributed by atoms with Crippen molar-refractivity contribution in [2.45, 2.75) is 32.5 Å². The fourth-order valence-electron chi connectivity index (χ4n) is 3.35. The summed E-state index contributed by atoms with van der Waals surface area (Å²) in [5.74, 6) is -0.449. The molecule has 2 aromatic carbocycles. The lowest BCUT2D eigenvalue weighted by Crippen LogP contribution is -2.21. The summed E-state index contributed by atoms with van der Waals surface area (Å²) in [5.41, 5.74) is 1.44. The van der Waals surface area contributed by atoms with E-state index in [2.05, 4.69) is 10.3 Å². The average molecular weight is 465 g/mol. The number of carbonyl (C=O) groups excluding carboxylic acids is 1. The maximum atomic E-state index is 13.1. The largest absolute Gasteiger partial charge is 0.490 e. The molecule has 3 rings (SSSR count). The minimum atomic E-state index is -1.09. The molecule has 8 nitrogen and oxygen atoms in total. The second-order valence-corrected chi connectivity index (χ2v) is 7.85. The monoisotopic (exact) mass is 464 g/mol. The summed E-state index contributed by atoms with van der Waals surface area (Å²) in [5, 5.41) is 11.7. The molecule has 0 bridgehead atoms. The van der Waals surface area contributed by atoms with Crippen LogP contribution in [0, 0.1) is 0 Å². The summed E-state index contributed by atoms with van der Waals surface area (Å²) in [4.78, 5) is 28.1. The second-order valence-electron chi connectivity index (χ2n) is 7.85. The van der Waals surface area contributed by atoms with Crippen molar-refractivity contribution in [2.24, 2.45) is 0 Å². The number of hydrogen-bond donors (Lipinski definition) is 2. The summed E-state index contributed by atoms with van der Waals surface area (Å²) in [6, 6.07) is 17.9. The van der Waals surface area contributed by atoms with Gasteiger partial charge in [-0.25, -0.2) is 9.78 Å². The van der Waals surface area contributed by atoms with Crippen LogP contribution in [0.4, 0.5) is 5.82 Å². The third-order valence-electron chi connectivity index (χ3n) is 4.88. The van der Waals surface area contributed by atoms with Crippen molar-refractivity contribution in [1.82, 2.24) is 4.98 Å². The first-order valence-electron chi connectivity index (χ1n) is 10.9. The maximum absolute atomic E-state index is 13.1. The Morgan fingerprint density at radius 3 is 2.41 bits per heavy atom. The molecule has 2 atom stereocenters. The third-order valence-corrected chi connectivity index (χ3v) is 4.88. The molecule has 0 aliphatic carbocycles. The number of hydrogen-bond acceptors (Lipinski definition) is 6. The van der Waals surface area contributed by atoms with Crippen molar-refractivity contribution in [3.8, 4) is 11.5 Å². The number of carboxylic acid groups (broad SMARTS) is 1. The van der Waals surface area contributed by atoms with Crippen molar-refractivity contribution >= 4 is 17.7 Å². The highest BCUT2D eigenvalue weighted by Crippen LogP contribution is 2.27. The molecule has 0 aliphatic heterocycles. The highest BCUT2D eigenvalue weighted by atomic mass is 16.5. The first-order chi connectivity index (χ1) is 16.4. The zero-order chi connectivity index (χ0) is 24.5. The summed E-state index contributed by atoms with van der Waals surface area (Å²) < 4.78 is 17.1. The van der Waals surface area contributed by atoms with Gasteiger partial charge in [0.1, 0.15) is 23.4 Å². The van der Waals surface area contributed by atoms with Gasteiger partial charge in [0, 0.05) is 19.7 Å². The van der Waals surface area contributed by atoms with Crippen LogP contribution in [0.2, 0.25) is 0 Å². The minimum absolute atomic E-state index is 0.0261. The molecular weight excluding hydrogens is 436 g/mol.